The van der Waals surface area contributed by atoms with E-state index in [0.29, 0.717) is 31.9 Å². The summed E-state index contributed by atoms with van der Waals surface area (Å²) in [5, 5.41) is 5.83. The van der Waals surface area contributed by atoms with Crippen molar-refractivity contribution in [1.29, 1.82) is 0 Å². The topological polar surface area (TPSA) is 110 Å². The molecule has 2 aromatic rings. The highest BCUT2D eigenvalue weighted by Crippen LogP contribution is 2.29. The molecule has 2 aliphatic heterocycles. The van der Waals surface area contributed by atoms with E-state index >= 15 is 0 Å². The van der Waals surface area contributed by atoms with Crippen LogP contribution in [-0.2, 0) is 36.7 Å². The van der Waals surface area contributed by atoms with Crippen LogP contribution in [0.5, 0.6) is 5.75 Å². The number of likely N-dealkylation sites (N-methyl/N-ethyl adjacent to an activating group) is 1. The molecular weight excluding hydrogens is 474 g/mol. The molecule has 2 amide bonds. The minimum Gasteiger partial charge on any atom is -0.497 e. The molecule has 0 radical (unpaired) electrons. The third kappa shape index (κ3) is 6.94. The van der Waals surface area contributed by atoms with Gasteiger partial charge in [0, 0.05) is 13.0 Å². The van der Waals surface area contributed by atoms with E-state index in [9.17, 15) is 14.4 Å². The van der Waals surface area contributed by atoms with E-state index in [0.717, 1.165) is 11.1 Å². The summed E-state index contributed by atoms with van der Waals surface area (Å²) in [6.07, 6.45) is 0.575. The van der Waals surface area contributed by atoms with Gasteiger partial charge in [-0.1, -0.05) is 42.5 Å². The van der Waals surface area contributed by atoms with E-state index in [4.69, 9.17) is 14.2 Å². The van der Waals surface area contributed by atoms with Crippen LogP contribution in [0.4, 0.5) is 0 Å². The van der Waals surface area contributed by atoms with Crippen LogP contribution >= 0.6 is 0 Å². The SMILES string of the molecule is COc1ccc(C[C@H](NC(=O)[C@H]2COCCN2C)C(=O)N[C@@H](Cc2ccccc2)C(=O)[C@@]2(C)CO2)cc1. The van der Waals surface area contributed by atoms with Crippen molar-refractivity contribution in [3.05, 3.63) is 65.7 Å². The Morgan fingerprint density at radius 2 is 1.68 bits per heavy atom. The number of ether oxygens (including phenoxy) is 3. The number of carbonyl (C=O) groups is 3. The summed E-state index contributed by atoms with van der Waals surface area (Å²) in [4.78, 5) is 42.0. The Kier molecular flexibility index (Phi) is 8.58. The molecule has 198 valence electrons. The second-order valence-corrected chi connectivity index (χ2v) is 9.82. The molecule has 0 aromatic heterocycles. The number of epoxide rings is 1. The zero-order valence-corrected chi connectivity index (χ0v) is 21.6. The highest BCUT2D eigenvalue weighted by atomic mass is 16.6. The molecule has 0 bridgehead atoms. The molecule has 2 fully saturated rings. The maximum absolute atomic E-state index is 13.6. The van der Waals surface area contributed by atoms with Gasteiger partial charge in [-0.05, 0) is 43.7 Å². The number of nitrogens with one attached hydrogen (secondary N) is 2. The molecule has 0 spiro atoms. The summed E-state index contributed by atoms with van der Waals surface area (Å²) in [6.45, 7) is 3.49. The number of carbonyl (C=O) groups excluding carboxylic acids is 3. The number of ketones is 1. The summed E-state index contributed by atoms with van der Waals surface area (Å²) >= 11 is 0. The van der Waals surface area contributed by atoms with E-state index in [-0.39, 0.29) is 24.7 Å². The Morgan fingerprint density at radius 3 is 2.30 bits per heavy atom. The summed E-state index contributed by atoms with van der Waals surface area (Å²) in [5.41, 5.74) is 0.865. The van der Waals surface area contributed by atoms with Crippen LogP contribution in [0.25, 0.3) is 0 Å². The fourth-order valence-corrected chi connectivity index (χ4v) is 4.39. The molecule has 2 N–H and O–H groups in total. The van der Waals surface area contributed by atoms with Crippen molar-refractivity contribution in [2.75, 3.05) is 40.5 Å². The van der Waals surface area contributed by atoms with Crippen LogP contribution in [-0.4, -0.2) is 86.7 Å². The molecular formula is C28H35N3O6. The Labute approximate surface area is 217 Å². The molecule has 4 rings (SSSR count). The number of Topliss-reactive ketones (excluding diaryl/α,β-unsaturated/α-hetero) is 1. The molecule has 2 saturated heterocycles. The Morgan fingerprint density at radius 1 is 1.03 bits per heavy atom. The van der Waals surface area contributed by atoms with Gasteiger partial charge < -0.3 is 24.8 Å². The summed E-state index contributed by atoms with van der Waals surface area (Å²) in [5.74, 6) is -0.207. The van der Waals surface area contributed by atoms with Gasteiger partial charge in [-0.15, -0.1) is 0 Å². The van der Waals surface area contributed by atoms with E-state index in [2.05, 4.69) is 10.6 Å². The average molecular weight is 510 g/mol. The van der Waals surface area contributed by atoms with Crippen molar-refractivity contribution in [3.63, 3.8) is 0 Å². The van der Waals surface area contributed by atoms with Crippen LogP contribution < -0.4 is 15.4 Å². The number of nitrogens with zero attached hydrogens (tertiary/aromatic N) is 1. The normalized spacial score (nSPS) is 22.9. The standard InChI is InChI=1S/C28H35N3O6/c1-28(18-37-28)25(32)22(15-19-7-5-4-6-8-19)29-26(33)23(16-20-9-11-21(35-3)12-10-20)30-27(34)24-17-36-14-13-31(24)2/h4-12,22-24H,13-18H2,1-3H3,(H,29,33)(H,30,34)/t22-,23-,24+,28+/m0/s1. The minimum absolute atomic E-state index is 0.181. The number of rotatable bonds is 11. The van der Waals surface area contributed by atoms with Crippen LogP contribution in [0.2, 0.25) is 0 Å². The van der Waals surface area contributed by atoms with Crippen molar-refractivity contribution in [1.82, 2.24) is 15.5 Å². The van der Waals surface area contributed by atoms with Gasteiger partial charge in [-0.3, -0.25) is 19.3 Å². The molecule has 37 heavy (non-hydrogen) atoms. The molecule has 0 saturated carbocycles. The Hall–Kier alpha value is -3.27. The number of hydrogen-bond donors (Lipinski definition) is 2. The highest BCUT2D eigenvalue weighted by molar-refractivity contribution is 5.98. The van der Waals surface area contributed by atoms with Gasteiger partial charge in [0.05, 0.1) is 33.0 Å². The largest absolute Gasteiger partial charge is 0.497 e. The lowest BCUT2D eigenvalue weighted by molar-refractivity contribution is -0.136. The van der Waals surface area contributed by atoms with Crippen LogP contribution in [0.3, 0.4) is 0 Å². The van der Waals surface area contributed by atoms with E-state index < -0.39 is 29.6 Å². The first-order valence-corrected chi connectivity index (χ1v) is 12.5. The number of benzene rings is 2. The molecule has 9 heteroatoms. The molecule has 2 aromatic carbocycles. The van der Waals surface area contributed by atoms with Gasteiger partial charge in [-0.25, -0.2) is 0 Å². The molecule has 2 aliphatic rings. The number of hydrogen-bond acceptors (Lipinski definition) is 7. The molecule has 2 heterocycles. The average Bonchev–Trinajstić information content (AvgIpc) is 3.67. The predicted octanol–water partition coefficient (Wildman–Crippen LogP) is 1.14. The lowest BCUT2D eigenvalue weighted by Gasteiger charge is -2.32. The maximum Gasteiger partial charge on any atom is 0.243 e. The first-order chi connectivity index (χ1) is 17.8. The lowest BCUT2D eigenvalue weighted by atomic mass is 9.94. The zero-order valence-electron chi connectivity index (χ0n) is 21.6. The smallest absolute Gasteiger partial charge is 0.243 e. The maximum atomic E-state index is 13.6. The number of amides is 2. The lowest BCUT2D eigenvalue weighted by Crippen LogP contribution is -2.59. The van der Waals surface area contributed by atoms with Crippen LogP contribution in [0.1, 0.15) is 18.1 Å². The van der Waals surface area contributed by atoms with Crippen molar-refractivity contribution in [2.45, 2.75) is 43.5 Å². The zero-order chi connectivity index (χ0) is 26.4. The van der Waals surface area contributed by atoms with E-state index in [1.165, 1.54) is 0 Å². The Balaban J connectivity index is 1.54. The quantitative estimate of drug-likeness (QED) is 0.437. The van der Waals surface area contributed by atoms with Crippen molar-refractivity contribution in [3.8, 4) is 5.75 Å². The van der Waals surface area contributed by atoms with Gasteiger partial charge in [0.15, 0.2) is 5.78 Å². The minimum atomic E-state index is -0.899. The molecule has 4 atom stereocenters. The first-order valence-electron chi connectivity index (χ1n) is 12.5. The summed E-state index contributed by atoms with van der Waals surface area (Å²) in [6, 6.07) is 14.7. The second-order valence-electron chi connectivity index (χ2n) is 9.82. The second kappa shape index (κ2) is 11.9. The monoisotopic (exact) mass is 509 g/mol. The van der Waals surface area contributed by atoms with Crippen LogP contribution in [0, 0.1) is 0 Å². The van der Waals surface area contributed by atoms with Gasteiger partial charge in [0.25, 0.3) is 0 Å². The predicted molar refractivity (Wildman–Crippen MR) is 137 cm³/mol. The van der Waals surface area contributed by atoms with Gasteiger partial charge in [0.1, 0.15) is 23.4 Å². The molecule has 0 unspecified atom stereocenters. The summed E-state index contributed by atoms with van der Waals surface area (Å²) in [7, 11) is 3.44. The summed E-state index contributed by atoms with van der Waals surface area (Å²) < 4.78 is 16.1. The highest BCUT2D eigenvalue weighted by Gasteiger charge is 2.50. The number of methoxy groups -OCH3 is 1. The fourth-order valence-electron chi connectivity index (χ4n) is 4.39. The number of morpholine rings is 1. The van der Waals surface area contributed by atoms with Gasteiger partial charge in [0.2, 0.25) is 11.8 Å². The van der Waals surface area contributed by atoms with Crippen molar-refractivity contribution in [2.24, 2.45) is 0 Å². The van der Waals surface area contributed by atoms with E-state index in [1.54, 1.807) is 14.0 Å². The molecule has 0 aliphatic carbocycles. The molecule has 9 nitrogen and oxygen atoms in total. The third-order valence-corrected chi connectivity index (χ3v) is 6.94. The van der Waals surface area contributed by atoms with Crippen LogP contribution in [0.15, 0.2) is 54.6 Å². The van der Waals surface area contributed by atoms with Gasteiger partial charge in [-0.2, -0.15) is 0 Å². The van der Waals surface area contributed by atoms with Gasteiger partial charge >= 0.3 is 0 Å². The Bertz CT molecular complexity index is 1090. The first kappa shape index (κ1) is 26.8. The van der Waals surface area contributed by atoms with E-state index in [1.807, 2.05) is 66.5 Å². The van der Waals surface area contributed by atoms with Crippen molar-refractivity contribution >= 4 is 17.6 Å². The van der Waals surface area contributed by atoms with Crippen molar-refractivity contribution < 1.29 is 28.6 Å². The fraction of sp³-hybridized carbons (Fsp3) is 0.464. The third-order valence-electron chi connectivity index (χ3n) is 6.94.